The summed E-state index contributed by atoms with van der Waals surface area (Å²) in [5.41, 5.74) is 1.88. The van der Waals surface area contributed by atoms with Crippen LogP contribution in [0.5, 0.6) is 5.75 Å². The van der Waals surface area contributed by atoms with Gasteiger partial charge in [-0.1, -0.05) is 44.2 Å². The molecule has 2 aromatic rings. The molecule has 0 bridgehead atoms. The van der Waals surface area contributed by atoms with E-state index in [0.717, 1.165) is 16.9 Å². The average Bonchev–Trinajstić information content (AvgIpc) is 2.78. The second-order valence-corrected chi connectivity index (χ2v) is 9.49. The molecule has 3 atom stereocenters. The van der Waals surface area contributed by atoms with Crippen molar-refractivity contribution in [1.82, 2.24) is 15.5 Å². The standard InChI is InChI=1S/C26H32N4O3/c1-16(2)26(4)15-23(31)30(25(27)29-26)17(3)18-8-7-9-19(14-18)24(32)28-21-12-13-33-22-11-6-5-10-20(21)22/h5-11,14,16-17,21H,12-13,15H2,1-4H3,(H2,27,29)(H,28,32)/t17-,21+,26+/m1/s1. The van der Waals surface area contributed by atoms with E-state index in [-0.39, 0.29) is 35.8 Å². The minimum Gasteiger partial charge on any atom is -0.493 e. The molecule has 0 unspecified atom stereocenters. The van der Waals surface area contributed by atoms with Gasteiger partial charge in [-0.15, -0.1) is 0 Å². The fourth-order valence-electron chi connectivity index (χ4n) is 4.48. The maximum absolute atomic E-state index is 13.1. The Morgan fingerprint density at radius 1 is 1.21 bits per heavy atom. The van der Waals surface area contributed by atoms with E-state index in [0.29, 0.717) is 25.0 Å². The first-order valence-corrected chi connectivity index (χ1v) is 11.5. The third kappa shape index (κ3) is 4.45. The zero-order chi connectivity index (χ0) is 23.8. The lowest BCUT2D eigenvalue weighted by molar-refractivity contribution is -0.132. The molecule has 1 fully saturated rings. The Morgan fingerprint density at radius 3 is 2.70 bits per heavy atom. The van der Waals surface area contributed by atoms with E-state index in [4.69, 9.17) is 10.1 Å². The van der Waals surface area contributed by atoms with Gasteiger partial charge < -0.3 is 15.4 Å². The maximum atomic E-state index is 13.1. The molecule has 3 N–H and O–H groups in total. The topological polar surface area (TPSA) is 94.5 Å². The Hall–Kier alpha value is -3.35. The number of nitrogens with one attached hydrogen (secondary N) is 3. The third-order valence-corrected chi connectivity index (χ3v) is 6.99. The Balaban J connectivity index is 1.51. The van der Waals surface area contributed by atoms with Crippen LogP contribution in [0.1, 0.15) is 74.1 Å². The minimum absolute atomic E-state index is 0.0869. The molecule has 0 radical (unpaired) electrons. The number of para-hydroxylation sites is 1. The number of ether oxygens (including phenoxy) is 1. The van der Waals surface area contributed by atoms with Gasteiger partial charge in [-0.25, -0.2) is 0 Å². The molecular weight excluding hydrogens is 416 g/mol. The molecule has 0 spiro atoms. The van der Waals surface area contributed by atoms with Crippen LogP contribution in [0.3, 0.4) is 0 Å². The van der Waals surface area contributed by atoms with Crippen LogP contribution in [-0.4, -0.2) is 34.8 Å². The molecule has 2 aliphatic rings. The fraction of sp³-hybridized carbons (Fsp3) is 0.423. The molecule has 0 aliphatic carbocycles. The number of rotatable bonds is 5. The largest absolute Gasteiger partial charge is 0.493 e. The van der Waals surface area contributed by atoms with Crippen LogP contribution in [0.4, 0.5) is 0 Å². The Kier molecular flexibility index (Phi) is 6.15. The van der Waals surface area contributed by atoms with E-state index in [1.165, 1.54) is 4.90 Å². The second kappa shape index (κ2) is 8.89. The van der Waals surface area contributed by atoms with Crippen molar-refractivity contribution in [3.05, 3.63) is 65.2 Å². The molecule has 4 rings (SSSR count). The third-order valence-electron chi connectivity index (χ3n) is 6.99. The normalized spacial score (nSPS) is 23.4. The van der Waals surface area contributed by atoms with Gasteiger partial charge in [-0.2, -0.15) is 0 Å². The van der Waals surface area contributed by atoms with Crippen molar-refractivity contribution in [1.29, 1.82) is 5.41 Å². The first-order chi connectivity index (χ1) is 15.7. The molecule has 7 nitrogen and oxygen atoms in total. The summed E-state index contributed by atoms with van der Waals surface area (Å²) in [6.45, 7) is 8.51. The second-order valence-electron chi connectivity index (χ2n) is 9.49. The van der Waals surface area contributed by atoms with Crippen molar-refractivity contribution in [2.75, 3.05) is 6.61 Å². The first-order valence-electron chi connectivity index (χ1n) is 11.5. The van der Waals surface area contributed by atoms with Crippen LogP contribution in [0, 0.1) is 11.3 Å². The fourth-order valence-corrected chi connectivity index (χ4v) is 4.48. The molecule has 1 saturated heterocycles. The summed E-state index contributed by atoms with van der Waals surface area (Å²) in [6, 6.07) is 14.6. The van der Waals surface area contributed by atoms with Gasteiger partial charge >= 0.3 is 0 Å². The highest BCUT2D eigenvalue weighted by Crippen LogP contribution is 2.33. The molecule has 174 valence electrons. The van der Waals surface area contributed by atoms with E-state index in [9.17, 15) is 9.59 Å². The first kappa shape index (κ1) is 22.8. The number of amides is 2. The average molecular weight is 449 g/mol. The van der Waals surface area contributed by atoms with Gasteiger partial charge in [0, 0.05) is 23.1 Å². The van der Waals surface area contributed by atoms with Crippen molar-refractivity contribution in [2.45, 2.75) is 58.2 Å². The van der Waals surface area contributed by atoms with Gasteiger partial charge in [-0.05, 0) is 43.5 Å². The quantitative estimate of drug-likeness (QED) is 0.640. The maximum Gasteiger partial charge on any atom is 0.251 e. The molecule has 2 heterocycles. The van der Waals surface area contributed by atoms with Crippen LogP contribution in [0.2, 0.25) is 0 Å². The zero-order valence-corrected chi connectivity index (χ0v) is 19.6. The van der Waals surface area contributed by atoms with E-state index < -0.39 is 5.54 Å². The van der Waals surface area contributed by atoms with Crippen LogP contribution in [-0.2, 0) is 4.79 Å². The van der Waals surface area contributed by atoms with Gasteiger partial charge in [0.15, 0.2) is 5.96 Å². The van der Waals surface area contributed by atoms with Crippen molar-refractivity contribution in [2.24, 2.45) is 5.92 Å². The summed E-state index contributed by atoms with van der Waals surface area (Å²) >= 11 is 0. The summed E-state index contributed by atoms with van der Waals surface area (Å²) in [6.07, 6.45) is 1.03. The molecule has 33 heavy (non-hydrogen) atoms. The number of guanidine groups is 1. The zero-order valence-electron chi connectivity index (χ0n) is 19.6. The molecule has 2 aromatic carbocycles. The van der Waals surface area contributed by atoms with Crippen molar-refractivity contribution >= 4 is 17.8 Å². The highest BCUT2D eigenvalue weighted by molar-refractivity contribution is 6.00. The smallest absolute Gasteiger partial charge is 0.251 e. The Labute approximate surface area is 195 Å². The van der Waals surface area contributed by atoms with Gasteiger partial charge in [-0.3, -0.25) is 19.9 Å². The summed E-state index contributed by atoms with van der Waals surface area (Å²) in [4.78, 5) is 27.5. The summed E-state index contributed by atoms with van der Waals surface area (Å²) in [5.74, 6) is 0.858. The van der Waals surface area contributed by atoms with Gasteiger partial charge in [0.25, 0.3) is 5.91 Å². The molecule has 0 saturated carbocycles. The van der Waals surface area contributed by atoms with Gasteiger partial charge in [0.1, 0.15) is 5.75 Å². The summed E-state index contributed by atoms with van der Waals surface area (Å²) in [5, 5.41) is 14.8. The van der Waals surface area contributed by atoms with Crippen LogP contribution < -0.4 is 15.4 Å². The number of hydrogen-bond donors (Lipinski definition) is 3. The number of hydrogen-bond acceptors (Lipinski definition) is 4. The SMILES string of the molecule is CC(C)[C@]1(C)CC(=O)N([C@H](C)c2cccc(C(=O)N[C@H]3CCOc4ccccc43)c2)C(=N)N1. The van der Waals surface area contributed by atoms with E-state index in [1.54, 1.807) is 6.07 Å². The summed E-state index contributed by atoms with van der Waals surface area (Å²) in [7, 11) is 0. The summed E-state index contributed by atoms with van der Waals surface area (Å²) < 4.78 is 5.69. The van der Waals surface area contributed by atoms with Crippen LogP contribution >= 0.6 is 0 Å². The predicted octanol–water partition coefficient (Wildman–Crippen LogP) is 4.17. The minimum atomic E-state index is -0.438. The number of carbonyl (C=O) groups excluding carboxylic acids is 2. The number of carbonyl (C=O) groups is 2. The molecule has 2 aliphatic heterocycles. The highest BCUT2D eigenvalue weighted by atomic mass is 16.5. The number of nitrogens with zero attached hydrogens (tertiary/aromatic N) is 1. The van der Waals surface area contributed by atoms with Crippen LogP contribution in [0.25, 0.3) is 0 Å². The number of fused-ring (bicyclic) bond motifs is 1. The molecular formula is C26H32N4O3. The van der Waals surface area contributed by atoms with Crippen molar-refractivity contribution < 1.29 is 14.3 Å². The Morgan fingerprint density at radius 2 is 1.97 bits per heavy atom. The molecule has 7 heteroatoms. The lowest BCUT2D eigenvalue weighted by Crippen LogP contribution is -2.63. The van der Waals surface area contributed by atoms with Crippen LogP contribution in [0.15, 0.2) is 48.5 Å². The van der Waals surface area contributed by atoms with Gasteiger partial charge in [0.2, 0.25) is 5.91 Å². The Bertz CT molecular complexity index is 1060. The molecule has 0 aromatic heterocycles. The van der Waals surface area contributed by atoms with E-state index in [1.807, 2.05) is 70.2 Å². The van der Waals surface area contributed by atoms with E-state index >= 15 is 0 Å². The lowest BCUT2D eigenvalue weighted by atomic mass is 9.83. The molecule has 2 amide bonds. The number of benzene rings is 2. The lowest BCUT2D eigenvalue weighted by Gasteiger charge is -2.45. The highest BCUT2D eigenvalue weighted by Gasteiger charge is 2.42. The van der Waals surface area contributed by atoms with Gasteiger partial charge in [0.05, 0.1) is 25.1 Å². The van der Waals surface area contributed by atoms with Crippen molar-refractivity contribution in [3.8, 4) is 5.75 Å². The monoisotopic (exact) mass is 448 g/mol. The van der Waals surface area contributed by atoms with Crippen molar-refractivity contribution in [3.63, 3.8) is 0 Å². The predicted molar refractivity (Wildman–Crippen MR) is 127 cm³/mol. The van der Waals surface area contributed by atoms with E-state index in [2.05, 4.69) is 10.6 Å².